The topological polar surface area (TPSA) is 61.4 Å². The van der Waals surface area contributed by atoms with Crippen LogP contribution in [-0.4, -0.2) is 36.8 Å². The molecular weight excluding hydrogens is 228 g/mol. The van der Waals surface area contributed by atoms with Crippen LogP contribution in [0.25, 0.3) is 0 Å². The Bertz CT molecular complexity index is 273. The molecule has 106 valence electrons. The Hall–Kier alpha value is -0.610. The van der Waals surface area contributed by atoms with Crippen LogP contribution < -0.4 is 10.6 Å². The Balaban J connectivity index is 2.57. The Labute approximate surface area is 111 Å². The van der Waals surface area contributed by atoms with E-state index < -0.39 is 0 Å². The molecule has 0 aliphatic carbocycles. The predicted molar refractivity (Wildman–Crippen MR) is 73.2 cm³/mol. The van der Waals surface area contributed by atoms with Gasteiger partial charge in [-0.3, -0.25) is 4.79 Å². The van der Waals surface area contributed by atoms with Gasteiger partial charge in [-0.25, -0.2) is 0 Å². The third-order valence-corrected chi connectivity index (χ3v) is 4.40. The van der Waals surface area contributed by atoms with E-state index in [4.69, 9.17) is 5.11 Å². The van der Waals surface area contributed by atoms with Crippen molar-refractivity contribution in [2.75, 3.05) is 19.7 Å². The monoisotopic (exact) mass is 256 g/mol. The highest BCUT2D eigenvalue weighted by Gasteiger charge is 2.37. The number of rotatable bonds is 5. The van der Waals surface area contributed by atoms with Crippen molar-refractivity contribution in [1.29, 1.82) is 0 Å². The molecule has 1 rings (SSSR count). The number of nitrogens with one attached hydrogen (secondary N) is 2. The SMILES string of the molecule is CC(CO)C(C)NC(=O)C(C)(C)C1CCCNC1. The summed E-state index contributed by atoms with van der Waals surface area (Å²) in [5, 5.41) is 15.5. The second-order valence-electron chi connectivity index (χ2n) is 6.19. The van der Waals surface area contributed by atoms with Crippen LogP contribution >= 0.6 is 0 Å². The van der Waals surface area contributed by atoms with Crippen molar-refractivity contribution in [2.45, 2.75) is 46.6 Å². The van der Waals surface area contributed by atoms with Gasteiger partial charge in [0, 0.05) is 18.1 Å². The van der Waals surface area contributed by atoms with Crippen molar-refractivity contribution in [3.05, 3.63) is 0 Å². The fourth-order valence-corrected chi connectivity index (χ4v) is 2.35. The molecule has 4 heteroatoms. The summed E-state index contributed by atoms with van der Waals surface area (Å²) in [5.74, 6) is 0.584. The molecule has 1 fully saturated rings. The van der Waals surface area contributed by atoms with Gasteiger partial charge in [0.25, 0.3) is 0 Å². The molecule has 3 atom stereocenters. The molecule has 3 N–H and O–H groups in total. The van der Waals surface area contributed by atoms with Gasteiger partial charge < -0.3 is 15.7 Å². The fourth-order valence-electron chi connectivity index (χ4n) is 2.35. The average Bonchev–Trinajstić information content (AvgIpc) is 2.38. The first kappa shape index (κ1) is 15.4. The summed E-state index contributed by atoms with van der Waals surface area (Å²) in [6.07, 6.45) is 2.25. The van der Waals surface area contributed by atoms with Gasteiger partial charge in [-0.2, -0.15) is 0 Å². The lowest BCUT2D eigenvalue weighted by molar-refractivity contribution is -0.133. The van der Waals surface area contributed by atoms with Gasteiger partial charge in [-0.15, -0.1) is 0 Å². The Morgan fingerprint density at radius 3 is 2.67 bits per heavy atom. The number of amides is 1. The zero-order chi connectivity index (χ0) is 13.8. The lowest BCUT2D eigenvalue weighted by atomic mass is 9.74. The summed E-state index contributed by atoms with van der Waals surface area (Å²) in [7, 11) is 0. The highest BCUT2D eigenvalue weighted by molar-refractivity contribution is 5.82. The molecule has 1 heterocycles. The maximum atomic E-state index is 12.4. The standard InChI is InChI=1S/C14H28N2O2/c1-10(9-17)11(2)16-13(18)14(3,4)12-6-5-7-15-8-12/h10-12,15,17H,5-9H2,1-4H3,(H,16,18). The van der Waals surface area contributed by atoms with Crippen molar-refractivity contribution in [1.82, 2.24) is 10.6 Å². The van der Waals surface area contributed by atoms with Gasteiger partial charge in [-0.1, -0.05) is 20.8 Å². The van der Waals surface area contributed by atoms with E-state index in [0.717, 1.165) is 25.9 Å². The minimum Gasteiger partial charge on any atom is -0.396 e. The van der Waals surface area contributed by atoms with Crippen molar-refractivity contribution >= 4 is 5.91 Å². The van der Waals surface area contributed by atoms with Crippen molar-refractivity contribution in [2.24, 2.45) is 17.3 Å². The number of carbonyl (C=O) groups excluding carboxylic acids is 1. The van der Waals surface area contributed by atoms with Gasteiger partial charge in [0.1, 0.15) is 0 Å². The summed E-state index contributed by atoms with van der Waals surface area (Å²) in [4.78, 5) is 12.4. The fraction of sp³-hybridized carbons (Fsp3) is 0.929. The number of aliphatic hydroxyl groups excluding tert-OH is 1. The summed E-state index contributed by atoms with van der Waals surface area (Å²) >= 11 is 0. The third-order valence-electron chi connectivity index (χ3n) is 4.40. The van der Waals surface area contributed by atoms with Crippen LogP contribution in [-0.2, 0) is 4.79 Å². The predicted octanol–water partition coefficient (Wildman–Crippen LogP) is 1.15. The number of hydrogen-bond acceptors (Lipinski definition) is 3. The highest BCUT2D eigenvalue weighted by atomic mass is 16.3. The molecule has 3 unspecified atom stereocenters. The molecule has 18 heavy (non-hydrogen) atoms. The molecule has 1 aliphatic heterocycles. The third kappa shape index (κ3) is 3.69. The molecule has 0 saturated carbocycles. The average molecular weight is 256 g/mol. The first-order chi connectivity index (χ1) is 8.39. The zero-order valence-electron chi connectivity index (χ0n) is 12.1. The molecule has 1 aliphatic rings. The zero-order valence-corrected chi connectivity index (χ0v) is 12.1. The number of hydrogen-bond donors (Lipinski definition) is 3. The normalized spacial score (nSPS) is 24.4. The highest BCUT2D eigenvalue weighted by Crippen LogP contribution is 2.32. The van der Waals surface area contributed by atoms with Crippen LogP contribution in [0.2, 0.25) is 0 Å². The maximum absolute atomic E-state index is 12.4. The van der Waals surface area contributed by atoms with Gasteiger partial charge in [0.05, 0.1) is 0 Å². The van der Waals surface area contributed by atoms with Gasteiger partial charge in [0.2, 0.25) is 5.91 Å². The maximum Gasteiger partial charge on any atom is 0.226 e. The first-order valence-electron chi connectivity index (χ1n) is 7.02. The molecule has 0 radical (unpaired) electrons. The van der Waals surface area contributed by atoms with E-state index in [1.807, 2.05) is 27.7 Å². The smallest absolute Gasteiger partial charge is 0.226 e. The molecule has 0 spiro atoms. The molecule has 0 bridgehead atoms. The van der Waals surface area contributed by atoms with Gasteiger partial charge in [-0.05, 0) is 44.7 Å². The van der Waals surface area contributed by atoms with Crippen LogP contribution in [0.5, 0.6) is 0 Å². The second-order valence-corrected chi connectivity index (χ2v) is 6.19. The number of carbonyl (C=O) groups is 1. The van der Waals surface area contributed by atoms with Crippen LogP contribution in [0.4, 0.5) is 0 Å². The van der Waals surface area contributed by atoms with Gasteiger partial charge in [0.15, 0.2) is 0 Å². The van der Waals surface area contributed by atoms with Crippen molar-refractivity contribution < 1.29 is 9.90 Å². The Morgan fingerprint density at radius 2 is 2.17 bits per heavy atom. The summed E-state index contributed by atoms with van der Waals surface area (Å²) in [5.41, 5.74) is -0.350. The lowest BCUT2D eigenvalue weighted by Gasteiger charge is -2.37. The molecule has 0 aromatic carbocycles. The molecule has 1 amide bonds. The van der Waals surface area contributed by atoms with E-state index in [0.29, 0.717) is 5.92 Å². The molecule has 0 aromatic rings. The first-order valence-corrected chi connectivity index (χ1v) is 7.02. The summed E-state index contributed by atoms with van der Waals surface area (Å²) in [6.45, 7) is 10.0. The molecular formula is C14H28N2O2. The lowest BCUT2D eigenvalue weighted by Crippen LogP contribution is -2.50. The number of aliphatic hydroxyl groups is 1. The van der Waals surface area contributed by atoms with Crippen LogP contribution in [0, 0.1) is 17.3 Å². The quantitative estimate of drug-likeness (QED) is 0.691. The van der Waals surface area contributed by atoms with Crippen LogP contribution in [0.15, 0.2) is 0 Å². The van der Waals surface area contributed by atoms with Crippen molar-refractivity contribution in [3.63, 3.8) is 0 Å². The van der Waals surface area contributed by atoms with E-state index in [2.05, 4.69) is 10.6 Å². The van der Waals surface area contributed by atoms with E-state index in [1.165, 1.54) is 0 Å². The van der Waals surface area contributed by atoms with Crippen molar-refractivity contribution in [3.8, 4) is 0 Å². The van der Waals surface area contributed by atoms with E-state index in [9.17, 15) is 4.79 Å². The largest absolute Gasteiger partial charge is 0.396 e. The minimum absolute atomic E-state index is 0.0123. The van der Waals surface area contributed by atoms with Crippen LogP contribution in [0.3, 0.4) is 0 Å². The molecule has 4 nitrogen and oxygen atoms in total. The van der Waals surface area contributed by atoms with E-state index in [-0.39, 0.29) is 29.9 Å². The second kappa shape index (κ2) is 6.53. The van der Waals surface area contributed by atoms with Gasteiger partial charge >= 0.3 is 0 Å². The van der Waals surface area contributed by atoms with E-state index >= 15 is 0 Å². The molecule has 1 saturated heterocycles. The Kier molecular flexibility index (Phi) is 5.60. The number of piperidine rings is 1. The summed E-state index contributed by atoms with van der Waals surface area (Å²) in [6, 6.07) is 0.0123. The summed E-state index contributed by atoms with van der Waals surface area (Å²) < 4.78 is 0. The van der Waals surface area contributed by atoms with Crippen LogP contribution in [0.1, 0.15) is 40.5 Å². The Morgan fingerprint density at radius 1 is 1.50 bits per heavy atom. The van der Waals surface area contributed by atoms with E-state index in [1.54, 1.807) is 0 Å². The minimum atomic E-state index is -0.350. The molecule has 0 aromatic heterocycles.